The van der Waals surface area contributed by atoms with Crippen LogP contribution in [-0.4, -0.2) is 37.0 Å². The topological polar surface area (TPSA) is 30.5 Å². The largest absolute Gasteiger partial charge is 0.375 e. The molecule has 16 heavy (non-hydrogen) atoms. The summed E-state index contributed by atoms with van der Waals surface area (Å²) in [5.41, 5.74) is 0.0742. The van der Waals surface area contributed by atoms with Crippen molar-refractivity contribution in [2.24, 2.45) is 0 Å². The molecule has 0 amide bonds. The lowest BCUT2D eigenvalue weighted by molar-refractivity contribution is -0.0474. The number of rotatable bonds is 3. The molecule has 2 rings (SSSR count). The van der Waals surface area contributed by atoms with Crippen LogP contribution in [0.2, 0.25) is 0 Å². The molecule has 0 saturated carbocycles. The first-order valence-corrected chi connectivity index (χ1v) is 6.60. The Balaban J connectivity index is 1.76. The number of ether oxygens (including phenoxy) is 2. The molecule has 0 aromatic heterocycles. The minimum atomic E-state index is 0.0742. The Morgan fingerprint density at radius 2 is 1.94 bits per heavy atom. The molecule has 1 N–H and O–H groups in total. The van der Waals surface area contributed by atoms with Gasteiger partial charge < -0.3 is 14.8 Å². The quantitative estimate of drug-likeness (QED) is 0.801. The van der Waals surface area contributed by atoms with Gasteiger partial charge >= 0.3 is 0 Å². The van der Waals surface area contributed by atoms with Crippen LogP contribution in [0, 0.1) is 0 Å². The summed E-state index contributed by atoms with van der Waals surface area (Å²) in [5.74, 6) is 0. The molecule has 3 heteroatoms. The smallest absolute Gasteiger partial charge is 0.0779 e. The van der Waals surface area contributed by atoms with Crippen molar-refractivity contribution in [2.75, 3.05) is 13.2 Å². The second-order valence-corrected chi connectivity index (χ2v) is 5.71. The zero-order valence-corrected chi connectivity index (χ0v) is 10.8. The van der Waals surface area contributed by atoms with Crippen molar-refractivity contribution in [3.8, 4) is 0 Å². The highest BCUT2D eigenvalue weighted by Gasteiger charge is 2.31. The van der Waals surface area contributed by atoms with Gasteiger partial charge in [0.25, 0.3) is 0 Å². The fourth-order valence-electron chi connectivity index (χ4n) is 2.91. The average Bonchev–Trinajstić information content (AvgIpc) is 2.62. The predicted molar refractivity (Wildman–Crippen MR) is 64.6 cm³/mol. The molecule has 2 fully saturated rings. The number of nitrogens with one attached hydrogen (secondary N) is 1. The van der Waals surface area contributed by atoms with Gasteiger partial charge in [-0.25, -0.2) is 0 Å². The summed E-state index contributed by atoms with van der Waals surface area (Å²) in [6, 6.07) is 0.597. The van der Waals surface area contributed by atoms with Gasteiger partial charge in [-0.3, -0.25) is 0 Å². The minimum absolute atomic E-state index is 0.0742. The normalized spacial score (nSPS) is 44.8. The van der Waals surface area contributed by atoms with Crippen LogP contribution in [0.1, 0.15) is 46.5 Å². The van der Waals surface area contributed by atoms with Crippen LogP contribution in [0.4, 0.5) is 0 Å². The van der Waals surface area contributed by atoms with E-state index in [1.807, 2.05) is 0 Å². The van der Waals surface area contributed by atoms with Crippen LogP contribution < -0.4 is 5.32 Å². The van der Waals surface area contributed by atoms with Crippen molar-refractivity contribution in [3.63, 3.8) is 0 Å². The standard InChI is InChI=1S/C13H25NO2/c1-10-7-12(8-11(2)16-10)14-9-13(3)5-4-6-15-13/h10-12,14H,4-9H2,1-3H3. The molecule has 2 heterocycles. The third kappa shape index (κ3) is 3.19. The Hall–Kier alpha value is -0.120. The van der Waals surface area contributed by atoms with Gasteiger partial charge in [-0.1, -0.05) is 0 Å². The molecule has 2 aliphatic heterocycles. The Morgan fingerprint density at radius 1 is 1.25 bits per heavy atom. The first-order valence-electron chi connectivity index (χ1n) is 6.60. The van der Waals surface area contributed by atoms with E-state index >= 15 is 0 Å². The lowest BCUT2D eigenvalue weighted by atomic mass is 9.97. The highest BCUT2D eigenvalue weighted by molar-refractivity contribution is 4.86. The van der Waals surface area contributed by atoms with Gasteiger partial charge in [-0.2, -0.15) is 0 Å². The van der Waals surface area contributed by atoms with E-state index in [2.05, 4.69) is 26.1 Å². The summed E-state index contributed by atoms with van der Waals surface area (Å²) < 4.78 is 11.5. The van der Waals surface area contributed by atoms with E-state index in [4.69, 9.17) is 9.47 Å². The zero-order valence-electron chi connectivity index (χ0n) is 10.8. The number of hydrogen-bond donors (Lipinski definition) is 1. The summed E-state index contributed by atoms with van der Waals surface area (Å²) in [7, 11) is 0. The van der Waals surface area contributed by atoms with E-state index in [1.54, 1.807) is 0 Å². The Bertz CT molecular complexity index is 216. The van der Waals surface area contributed by atoms with Crippen LogP contribution in [0.25, 0.3) is 0 Å². The summed E-state index contributed by atoms with van der Waals surface area (Å²) in [5, 5.41) is 3.66. The molecule has 3 nitrogen and oxygen atoms in total. The third-order valence-corrected chi connectivity index (χ3v) is 3.76. The van der Waals surface area contributed by atoms with E-state index in [1.165, 1.54) is 12.8 Å². The van der Waals surface area contributed by atoms with Gasteiger partial charge in [0.1, 0.15) is 0 Å². The van der Waals surface area contributed by atoms with Crippen molar-refractivity contribution in [2.45, 2.75) is 70.3 Å². The fraction of sp³-hybridized carbons (Fsp3) is 1.00. The molecule has 0 aliphatic carbocycles. The molecule has 2 aliphatic rings. The zero-order chi connectivity index (χ0) is 11.6. The maximum Gasteiger partial charge on any atom is 0.0779 e. The van der Waals surface area contributed by atoms with E-state index in [-0.39, 0.29) is 5.60 Å². The molecule has 0 aromatic carbocycles. The van der Waals surface area contributed by atoms with Gasteiger partial charge in [0.2, 0.25) is 0 Å². The monoisotopic (exact) mass is 227 g/mol. The molecule has 3 atom stereocenters. The Labute approximate surface area is 98.9 Å². The predicted octanol–water partition coefficient (Wildman–Crippen LogP) is 2.10. The number of hydrogen-bond acceptors (Lipinski definition) is 3. The van der Waals surface area contributed by atoms with Gasteiger partial charge in [0, 0.05) is 19.2 Å². The molecule has 0 radical (unpaired) electrons. The van der Waals surface area contributed by atoms with Crippen LogP contribution >= 0.6 is 0 Å². The van der Waals surface area contributed by atoms with Crippen LogP contribution in [0.15, 0.2) is 0 Å². The first-order chi connectivity index (χ1) is 7.57. The summed E-state index contributed by atoms with van der Waals surface area (Å²) in [6.07, 6.45) is 5.42. The van der Waals surface area contributed by atoms with Gasteiger partial charge in [-0.05, 0) is 46.5 Å². The van der Waals surface area contributed by atoms with Gasteiger partial charge in [-0.15, -0.1) is 0 Å². The summed E-state index contributed by atoms with van der Waals surface area (Å²) in [6.45, 7) is 8.46. The second-order valence-electron chi connectivity index (χ2n) is 5.71. The maximum absolute atomic E-state index is 5.79. The molecular formula is C13H25NO2. The molecule has 2 saturated heterocycles. The van der Waals surface area contributed by atoms with E-state index in [9.17, 15) is 0 Å². The van der Waals surface area contributed by atoms with E-state index < -0.39 is 0 Å². The lowest BCUT2D eigenvalue weighted by Crippen LogP contribution is -2.47. The molecular weight excluding hydrogens is 202 g/mol. The van der Waals surface area contributed by atoms with Crippen molar-refractivity contribution in [3.05, 3.63) is 0 Å². The summed E-state index contributed by atoms with van der Waals surface area (Å²) in [4.78, 5) is 0. The summed E-state index contributed by atoms with van der Waals surface area (Å²) >= 11 is 0. The van der Waals surface area contributed by atoms with Crippen LogP contribution in [-0.2, 0) is 9.47 Å². The maximum atomic E-state index is 5.79. The molecule has 0 bridgehead atoms. The van der Waals surface area contributed by atoms with E-state index in [0.29, 0.717) is 18.2 Å². The molecule has 0 aromatic rings. The van der Waals surface area contributed by atoms with Crippen molar-refractivity contribution < 1.29 is 9.47 Å². The van der Waals surface area contributed by atoms with E-state index in [0.717, 1.165) is 26.0 Å². The molecule has 3 unspecified atom stereocenters. The third-order valence-electron chi connectivity index (χ3n) is 3.76. The average molecular weight is 227 g/mol. The molecule has 0 spiro atoms. The first kappa shape index (κ1) is 12.3. The minimum Gasteiger partial charge on any atom is -0.375 e. The van der Waals surface area contributed by atoms with Crippen molar-refractivity contribution in [1.82, 2.24) is 5.32 Å². The van der Waals surface area contributed by atoms with Crippen LogP contribution in [0.5, 0.6) is 0 Å². The Morgan fingerprint density at radius 3 is 2.50 bits per heavy atom. The fourth-order valence-corrected chi connectivity index (χ4v) is 2.91. The van der Waals surface area contributed by atoms with Crippen molar-refractivity contribution in [1.29, 1.82) is 0 Å². The van der Waals surface area contributed by atoms with Crippen molar-refractivity contribution >= 4 is 0 Å². The highest BCUT2D eigenvalue weighted by atomic mass is 16.5. The van der Waals surface area contributed by atoms with Gasteiger partial charge in [0.15, 0.2) is 0 Å². The molecule has 94 valence electrons. The SMILES string of the molecule is CC1CC(NCC2(C)CCCO2)CC(C)O1. The second kappa shape index (κ2) is 5.03. The van der Waals surface area contributed by atoms with Crippen LogP contribution in [0.3, 0.4) is 0 Å². The van der Waals surface area contributed by atoms with Gasteiger partial charge in [0.05, 0.1) is 17.8 Å². The Kier molecular flexibility index (Phi) is 3.88. The highest BCUT2D eigenvalue weighted by Crippen LogP contribution is 2.25. The lowest BCUT2D eigenvalue weighted by Gasteiger charge is -2.35.